The quantitative estimate of drug-likeness (QED) is 0.588. The van der Waals surface area contributed by atoms with Gasteiger partial charge in [0.2, 0.25) is 0 Å². The van der Waals surface area contributed by atoms with Crippen LogP contribution in [0, 0.1) is 5.92 Å². The fraction of sp³-hybridized carbons (Fsp3) is 0.429. The summed E-state index contributed by atoms with van der Waals surface area (Å²) >= 11 is 5.85. The van der Waals surface area contributed by atoms with Crippen LogP contribution in [0.4, 0.5) is 0 Å². The van der Waals surface area contributed by atoms with E-state index in [2.05, 4.69) is 9.80 Å². The Morgan fingerprint density at radius 3 is 2.62 bits per heavy atom. The summed E-state index contributed by atoms with van der Waals surface area (Å²) in [6.07, 6.45) is 0.767. The predicted octanol–water partition coefficient (Wildman–Crippen LogP) is 1.93. The van der Waals surface area contributed by atoms with Crippen LogP contribution in [-0.2, 0) is 22.6 Å². The number of carbonyl (C=O) groups is 1. The van der Waals surface area contributed by atoms with Gasteiger partial charge in [-0.2, -0.15) is 0 Å². The van der Waals surface area contributed by atoms with E-state index in [-0.39, 0.29) is 18.1 Å². The lowest BCUT2D eigenvalue weighted by Crippen LogP contribution is -2.66. The Balaban J connectivity index is 1.48. The molecule has 29 heavy (non-hydrogen) atoms. The number of methoxy groups -OCH3 is 1. The Kier molecular flexibility index (Phi) is 4.48. The summed E-state index contributed by atoms with van der Waals surface area (Å²) in [6, 6.07) is 11.2. The molecule has 4 fully saturated rings. The molecule has 2 bridgehead atoms. The number of nitrogens with zero attached hydrogens (tertiary/aromatic N) is 2. The summed E-state index contributed by atoms with van der Waals surface area (Å²) in [5.41, 5.74) is 1.06. The molecule has 4 aliphatic rings. The molecule has 152 valence electrons. The summed E-state index contributed by atoms with van der Waals surface area (Å²) in [5, 5.41) is 11.2. The van der Waals surface area contributed by atoms with E-state index >= 15 is 0 Å². The predicted molar refractivity (Wildman–Crippen MR) is 107 cm³/mol. The highest BCUT2D eigenvalue weighted by atomic mass is 32.1. The number of benzene rings is 1. The minimum absolute atomic E-state index is 0.138. The molecule has 2 aromatic rings. The van der Waals surface area contributed by atoms with Gasteiger partial charge in [0.15, 0.2) is 5.11 Å². The van der Waals surface area contributed by atoms with Crippen molar-refractivity contribution in [2.45, 2.75) is 43.8 Å². The fourth-order valence-electron chi connectivity index (χ4n) is 4.83. The molecule has 6 rings (SSSR count). The van der Waals surface area contributed by atoms with Crippen LogP contribution in [-0.4, -0.2) is 57.4 Å². The smallest absolute Gasteiger partial charge is 0.311 e. The van der Waals surface area contributed by atoms with Crippen molar-refractivity contribution >= 4 is 23.3 Å². The van der Waals surface area contributed by atoms with E-state index in [1.165, 1.54) is 0 Å². The summed E-state index contributed by atoms with van der Waals surface area (Å²) in [7, 11) is 1.64. The first-order valence-electron chi connectivity index (χ1n) is 9.68. The second kappa shape index (κ2) is 7.03. The van der Waals surface area contributed by atoms with Gasteiger partial charge >= 0.3 is 5.97 Å². The van der Waals surface area contributed by atoms with E-state index in [0.29, 0.717) is 24.6 Å². The van der Waals surface area contributed by atoms with Crippen LogP contribution < -0.4 is 4.74 Å². The number of hydrogen-bond acceptors (Lipinski definition) is 6. The second-order valence-corrected chi connectivity index (χ2v) is 8.12. The Morgan fingerprint density at radius 1 is 1.17 bits per heavy atom. The van der Waals surface area contributed by atoms with Gasteiger partial charge in [0.25, 0.3) is 0 Å². The van der Waals surface area contributed by atoms with E-state index in [0.717, 1.165) is 17.1 Å². The molecule has 5 atom stereocenters. The van der Waals surface area contributed by atoms with Gasteiger partial charge in [0, 0.05) is 6.54 Å². The maximum Gasteiger partial charge on any atom is 0.311 e. The minimum atomic E-state index is -0.677. The van der Waals surface area contributed by atoms with Crippen molar-refractivity contribution in [2.24, 2.45) is 5.92 Å². The molecule has 0 radical (unpaired) electrons. The molecule has 1 aromatic carbocycles. The van der Waals surface area contributed by atoms with Crippen molar-refractivity contribution in [1.29, 1.82) is 0 Å². The number of rotatable bonds is 5. The molecule has 7 nitrogen and oxygen atoms in total. The molecule has 1 N–H and O–H groups in total. The molecular formula is C21H22N2O5S. The summed E-state index contributed by atoms with van der Waals surface area (Å²) in [5.74, 6) is 0.915. The lowest BCUT2D eigenvalue weighted by Gasteiger charge is -2.49. The van der Waals surface area contributed by atoms with E-state index in [4.69, 9.17) is 26.1 Å². The van der Waals surface area contributed by atoms with Crippen molar-refractivity contribution in [1.82, 2.24) is 9.80 Å². The highest BCUT2D eigenvalue weighted by molar-refractivity contribution is 7.80. The third-order valence-corrected chi connectivity index (χ3v) is 6.63. The molecule has 0 spiro atoms. The largest absolute Gasteiger partial charge is 0.497 e. The van der Waals surface area contributed by atoms with Crippen LogP contribution in [0.5, 0.6) is 5.75 Å². The van der Waals surface area contributed by atoms with E-state index in [9.17, 15) is 9.90 Å². The first kappa shape index (κ1) is 18.4. The normalized spacial score (nSPS) is 30.5. The number of fused-ring (bicyclic) bond motifs is 2. The van der Waals surface area contributed by atoms with Crippen molar-refractivity contribution in [3.05, 3.63) is 54.0 Å². The average Bonchev–Trinajstić information content (AvgIpc) is 3.33. The summed E-state index contributed by atoms with van der Waals surface area (Å²) in [4.78, 5) is 16.6. The molecule has 3 saturated heterocycles. The molecule has 1 saturated carbocycles. The summed E-state index contributed by atoms with van der Waals surface area (Å²) in [6.45, 7) is 1.05. The molecule has 8 heteroatoms. The van der Waals surface area contributed by atoms with E-state index < -0.39 is 18.1 Å². The Labute approximate surface area is 173 Å². The number of carbonyl (C=O) groups excluding carboxylic acids is 1. The maximum atomic E-state index is 12.5. The van der Waals surface area contributed by atoms with Crippen LogP contribution in [0.3, 0.4) is 0 Å². The van der Waals surface area contributed by atoms with Gasteiger partial charge in [0.05, 0.1) is 44.0 Å². The first-order valence-corrected chi connectivity index (χ1v) is 10.1. The van der Waals surface area contributed by atoms with Crippen LogP contribution in [0.2, 0.25) is 0 Å². The maximum absolute atomic E-state index is 12.5. The Hall–Kier alpha value is -2.58. The Bertz CT molecular complexity index is 916. The monoisotopic (exact) mass is 414 g/mol. The van der Waals surface area contributed by atoms with Crippen molar-refractivity contribution in [3.63, 3.8) is 0 Å². The fourth-order valence-corrected chi connectivity index (χ4v) is 5.20. The van der Waals surface area contributed by atoms with Gasteiger partial charge in [0.1, 0.15) is 17.6 Å². The highest BCUT2D eigenvalue weighted by Gasteiger charge is 2.62. The zero-order valence-electron chi connectivity index (χ0n) is 15.9. The van der Waals surface area contributed by atoms with E-state index in [1.54, 1.807) is 13.4 Å². The minimum Gasteiger partial charge on any atom is -0.497 e. The zero-order chi connectivity index (χ0) is 20.1. The number of aliphatic hydroxyl groups excluding tert-OH is 1. The SMILES string of the molecule is COc1ccc(CN2C(=S)N(Cc3ccco3)[C@H]3[C@@H]2[C@H]2OC(=O)[C@H]3C[C@H]2O)cc1. The number of hydrogen-bond donors (Lipinski definition) is 1. The van der Waals surface area contributed by atoms with Crippen LogP contribution in [0.25, 0.3) is 0 Å². The molecule has 0 unspecified atom stereocenters. The highest BCUT2D eigenvalue weighted by Crippen LogP contribution is 2.45. The lowest BCUT2D eigenvalue weighted by atomic mass is 9.74. The second-order valence-electron chi connectivity index (χ2n) is 7.76. The van der Waals surface area contributed by atoms with Gasteiger partial charge in [-0.05, 0) is 48.5 Å². The first-order chi connectivity index (χ1) is 14.1. The van der Waals surface area contributed by atoms with Crippen LogP contribution in [0.15, 0.2) is 47.1 Å². The summed E-state index contributed by atoms with van der Waals surface area (Å²) < 4.78 is 16.4. The molecule has 1 aliphatic carbocycles. The lowest BCUT2D eigenvalue weighted by molar-refractivity contribution is -0.199. The number of thiocarbonyl (C=S) groups is 1. The standard InChI is InChI=1S/C21H22N2O5S/c1-26-13-6-4-12(5-7-13)10-22-18-17(15-9-16(24)19(18)28-20(15)25)23(21(22)29)11-14-3-2-8-27-14/h2-8,15-19,24H,9-11H2,1H3/t15-,16+,17+,18+,19-/m0/s1. The van der Waals surface area contributed by atoms with E-state index in [1.807, 2.05) is 36.4 Å². The molecule has 3 aliphatic heterocycles. The number of furan rings is 1. The molecule has 0 amide bonds. The third kappa shape index (κ3) is 2.98. The molecular weight excluding hydrogens is 392 g/mol. The molecule has 4 heterocycles. The van der Waals surface area contributed by atoms with Gasteiger partial charge in [-0.15, -0.1) is 0 Å². The van der Waals surface area contributed by atoms with Crippen molar-refractivity contribution in [3.8, 4) is 5.75 Å². The van der Waals surface area contributed by atoms with Gasteiger partial charge < -0.3 is 28.8 Å². The van der Waals surface area contributed by atoms with Crippen LogP contribution >= 0.6 is 12.2 Å². The topological polar surface area (TPSA) is 75.4 Å². The van der Waals surface area contributed by atoms with Gasteiger partial charge in [-0.1, -0.05) is 12.1 Å². The van der Waals surface area contributed by atoms with Crippen LogP contribution in [0.1, 0.15) is 17.7 Å². The van der Waals surface area contributed by atoms with Gasteiger partial charge in [-0.3, -0.25) is 4.79 Å². The zero-order valence-corrected chi connectivity index (χ0v) is 16.7. The van der Waals surface area contributed by atoms with Gasteiger partial charge in [-0.25, -0.2) is 0 Å². The molecule has 1 aromatic heterocycles. The van der Waals surface area contributed by atoms with Crippen molar-refractivity contribution in [2.75, 3.05) is 7.11 Å². The number of ether oxygens (including phenoxy) is 2. The number of aliphatic hydroxyl groups is 1. The number of esters is 1. The van der Waals surface area contributed by atoms with Crippen molar-refractivity contribution < 1.29 is 23.8 Å². The Morgan fingerprint density at radius 2 is 1.93 bits per heavy atom. The third-order valence-electron chi connectivity index (χ3n) is 6.16. The average molecular weight is 414 g/mol.